The number of amides is 1. The number of hydrogen-bond acceptors (Lipinski definition) is 4. The SMILES string of the molecule is CC[C@@H](NC(=O)CCCN(c1cccc(OC)c1)S(C)(=O)=O)c1ccc(C)cc1C. The number of nitrogens with zero attached hydrogens (tertiary/aromatic N) is 1. The van der Waals surface area contributed by atoms with Gasteiger partial charge in [-0.05, 0) is 49.9 Å². The fraction of sp³-hybridized carbons (Fsp3) is 0.435. The second-order valence-corrected chi connectivity index (χ2v) is 9.44. The first-order valence-electron chi connectivity index (χ1n) is 10.1. The molecule has 0 unspecified atom stereocenters. The van der Waals surface area contributed by atoms with Gasteiger partial charge in [0.2, 0.25) is 15.9 Å². The van der Waals surface area contributed by atoms with E-state index >= 15 is 0 Å². The molecule has 6 nitrogen and oxygen atoms in total. The molecule has 1 N–H and O–H groups in total. The molecular formula is C23H32N2O4S. The van der Waals surface area contributed by atoms with E-state index in [9.17, 15) is 13.2 Å². The summed E-state index contributed by atoms with van der Waals surface area (Å²) in [5.41, 5.74) is 3.99. The quantitative estimate of drug-likeness (QED) is 0.613. The third kappa shape index (κ3) is 6.49. The zero-order valence-corrected chi connectivity index (χ0v) is 19.3. The number of ether oxygens (including phenoxy) is 1. The van der Waals surface area contributed by atoms with Gasteiger partial charge in [0.05, 0.1) is 25.1 Å². The van der Waals surface area contributed by atoms with Gasteiger partial charge in [0.1, 0.15) is 5.75 Å². The molecule has 0 spiro atoms. The number of hydrogen-bond donors (Lipinski definition) is 1. The van der Waals surface area contributed by atoms with Crippen LogP contribution < -0.4 is 14.4 Å². The summed E-state index contributed by atoms with van der Waals surface area (Å²) in [6.45, 7) is 6.36. The minimum Gasteiger partial charge on any atom is -0.497 e. The summed E-state index contributed by atoms with van der Waals surface area (Å²) in [4.78, 5) is 12.5. The van der Waals surface area contributed by atoms with Crippen molar-refractivity contribution in [2.24, 2.45) is 0 Å². The van der Waals surface area contributed by atoms with Gasteiger partial charge in [-0.25, -0.2) is 8.42 Å². The fourth-order valence-corrected chi connectivity index (χ4v) is 4.48. The highest BCUT2D eigenvalue weighted by atomic mass is 32.2. The van der Waals surface area contributed by atoms with E-state index < -0.39 is 10.0 Å². The number of sulfonamides is 1. The first kappa shape index (κ1) is 23.7. The maximum absolute atomic E-state index is 12.5. The minimum absolute atomic E-state index is 0.0532. The molecule has 2 rings (SSSR count). The highest BCUT2D eigenvalue weighted by Gasteiger charge is 2.19. The van der Waals surface area contributed by atoms with Gasteiger partial charge in [-0.3, -0.25) is 9.10 Å². The van der Waals surface area contributed by atoms with Gasteiger partial charge in [0, 0.05) is 19.0 Å². The molecule has 30 heavy (non-hydrogen) atoms. The number of nitrogens with one attached hydrogen (secondary N) is 1. The van der Waals surface area contributed by atoms with E-state index in [4.69, 9.17) is 4.74 Å². The van der Waals surface area contributed by atoms with Crippen molar-refractivity contribution in [2.75, 3.05) is 24.2 Å². The molecule has 0 saturated carbocycles. The Bertz CT molecular complexity index is 973. The van der Waals surface area contributed by atoms with Gasteiger partial charge >= 0.3 is 0 Å². The monoisotopic (exact) mass is 432 g/mol. The molecule has 0 aliphatic rings. The number of benzene rings is 2. The number of aryl methyl sites for hydroxylation is 2. The molecule has 1 amide bonds. The lowest BCUT2D eigenvalue weighted by Crippen LogP contribution is -2.33. The van der Waals surface area contributed by atoms with Crippen LogP contribution in [0.1, 0.15) is 48.9 Å². The van der Waals surface area contributed by atoms with Crippen LogP contribution in [-0.2, 0) is 14.8 Å². The van der Waals surface area contributed by atoms with Crippen LogP contribution in [0.2, 0.25) is 0 Å². The Morgan fingerprint density at radius 2 is 1.90 bits per heavy atom. The molecular weight excluding hydrogens is 400 g/mol. The molecule has 1 atom stereocenters. The summed E-state index contributed by atoms with van der Waals surface area (Å²) >= 11 is 0. The smallest absolute Gasteiger partial charge is 0.232 e. The average Bonchev–Trinajstić information content (AvgIpc) is 2.69. The summed E-state index contributed by atoms with van der Waals surface area (Å²) in [5.74, 6) is 0.499. The van der Waals surface area contributed by atoms with Crippen LogP contribution in [0.4, 0.5) is 5.69 Å². The minimum atomic E-state index is -3.48. The normalized spacial score (nSPS) is 12.3. The second-order valence-electron chi connectivity index (χ2n) is 7.53. The average molecular weight is 433 g/mol. The molecule has 2 aromatic carbocycles. The van der Waals surface area contributed by atoms with Gasteiger partial charge in [-0.1, -0.05) is 36.8 Å². The predicted octanol–water partition coefficient (Wildman–Crippen LogP) is 4.13. The van der Waals surface area contributed by atoms with Crippen molar-refractivity contribution in [1.29, 1.82) is 0 Å². The van der Waals surface area contributed by atoms with Crippen LogP contribution in [0.3, 0.4) is 0 Å². The molecule has 0 saturated heterocycles. The Morgan fingerprint density at radius 3 is 2.50 bits per heavy atom. The predicted molar refractivity (Wildman–Crippen MR) is 122 cm³/mol. The lowest BCUT2D eigenvalue weighted by atomic mass is 9.97. The van der Waals surface area contributed by atoms with Gasteiger partial charge in [-0.15, -0.1) is 0 Å². The highest BCUT2D eigenvalue weighted by Crippen LogP contribution is 2.24. The molecule has 0 heterocycles. The lowest BCUT2D eigenvalue weighted by Gasteiger charge is -2.23. The van der Waals surface area contributed by atoms with Crippen molar-refractivity contribution in [2.45, 2.75) is 46.1 Å². The largest absolute Gasteiger partial charge is 0.497 e. The molecule has 0 bridgehead atoms. The summed E-state index contributed by atoms with van der Waals surface area (Å²) in [6.07, 6.45) is 2.62. The van der Waals surface area contributed by atoms with Crippen molar-refractivity contribution in [3.63, 3.8) is 0 Å². The van der Waals surface area contributed by atoms with Gasteiger partial charge in [-0.2, -0.15) is 0 Å². The maximum Gasteiger partial charge on any atom is 0.232 e. The molecule has 164 valence electrons. The molecule has 0 aliphatic heterocycles. The molecule has 0 aliphatic carbocycles. The van der Waals surface area contributed by atoms with E-state index in [0.717, 1.165) is 17.5 Å². The maximum atomic E-state index is 12.5. The highest BCUT2D eigenvalue weighted by molar-refractivity contribution is 7.92. The first-order valence-corrected chi connectivity index (χ1v) is 12.0. The standard InChI is InChI=1S/C23H32N2O4S/c1-6-22(21-13-12-17(2)15-18(21)3)24-23(26)11-8-14-25(30(5,27)28)19-9-7-10-20(16-19)29-4/h7,9-10,12-13,15-16,22H,6,8,11,14H2,1-5H3,(H,24,26)/t22-/m1/s1. The number of rotatable bonds is 10. The van der Waals surface area contributed by atoms with Gasteiger partial charge in [0.15, 0.2) is 0 Å². The zero-order valence-electron chi connectivity index (χ0n) is 18.4. The Hall–Kier alpha value is -2.54. The van der Waals surface area contributed by atoms with Crippen molar-refractivity contribution in [1.82, 2.24) is 5.32 Å². The molecule has 0 fully saturated rings. The van der Waals surface area contributed by atoms with E-state index in [2.05, 4.69) is 30.4 Å². The van der Waals surface area contributed by atoms with Crippen LogP contribution in [0.5, 0.6) is 5.75 Å². The van der Waals surface area contributed by atoms with Crippen molar-refractivity contribution >= 4 is 21.6 Å². The van der Waals surface area contributed by atoms with Crippen LogP contribution in [-0.4, -0.2) is 34.2 Å². The summed E-state index contributed by atoms with van der Waals surface area (Å²) in [5, 5.41) is 3.09. The van der Waals surface area contributed by atoms with Crippen LogP contribution >= 0.6 is 0 Å². The first-order chi connectivity index (χ1) is 14.2. The van der Waals surface area contributed by atoms with Crippen LogP contribution in [0.25, 0.3) is 0 Å². The summed E-state index contributed by atoms with van der Waals surface area (Å²) in [7, 11) is -1.94. The third-order valence-corrected chi connectivity index (χ3v) is 6.24. The van der Waals surface area contributed by atoms with Gasteiger partial charge < -0.3 is 10.1 Å². The lowest BCUT2D eigenvalue weighted by molar-refractivity contribution is -0.121. The van der Waals surface area contributed by atoms with Crippen LogP contribution in [0.15, 0.2) is 42.5 Å². The second kappa shape index (κ2) is 10.5. The zero-order chi connectivity index (χ0) is 22.3. The van der Waals surface area contributed by atoms with Crippen molar-refractivity contribution < 1.29 is 17.9 Å². The fourth-order valence-electron chi connectivity index (χ4n) is 3.52. The number of anilines is 1. The third-order valence-electron chi connectivity index (χ3n) is 5.05. The number of methoxy groups -OCH3 is 1. The van der Waals surface area contributed by atoms with Crippen molar-refractivity contribution in [3.8, 4) is 5.75 Å². The number of carbonyl (C=O) groups excluding carboxylic acids is 1. The van der Waals surface area contributed by atoms with E-state index in [1.807, 2.05) is 13.8 Å². The van der Waals surface area contributed by atoms with Crippen LogP contribution in [0, 0.1) is 13.8 Å². The molecule has 0 aromatic heterocycles. The van der Waals surface area contributed by atoms with E-state index in [0.29, 0.717) is 17.9 Å². The van der Waals surface area contributed by atoms with E-state index in [1.165, 1.54) is 23.2 Å². The Morgan fingerprint density at radius 1 is 1.17 bits per heavy atom. The Kier molecular flexibility index (Phi) is 8.29. The van der Waals surface area contributed by atoms with Gasteiger partial charge in [0.25, 0.3) is 0 Å². The molecule has 7 heteroatoms. The van der Waals surface area contributed by atoms with E-state index in [1.54, 1.807) is 24.3 Å². The number of carbonyl (C=O) groups is 1. The van der Waals surface area contributed by atoms with Crippen molar-refractivity contribution in [3.05, 3.63) is 59.2 Å². The molecule has 0 radical (unpaired) electrons. The Labute approximate surface area is 180 Å². The summed E-state index contributed by atoms with van der Waals surface area (Å²) in [6, 6.07) is 13.1. The van der Waals surface area contributed by atoms with E-state index in [-0.39, 0.29) is 24.9 Å². The Balaban J connectivity index is 2.01. The summed E-state index contributed by atoms with van der Waals surface area (Å²) < 4.78 is 31.0. The topological polar surface area (TPSA) is 75.7 Å². The molecule has 2 aromatic rings.